The number of nitrogens with zero attached hydrogens (tertiary/aromatic N) is 2. The SMILES string of the molecule is Cc1ccc2cccc(OCc3c(C)ccc(N4CCC[C@H]4CO)c3C)c2n1. The molecule has 3 aromatic rings. The van der Waals surface area contributed by atoms with Gasteiger partial charge in [0.15, 0.2) is 0 Å². The Bertz CT molecular complexity index is 999. The molecule has 4 heteroatoms. The third kappa shape index (κ3) is 3.45. The number of hydrogen-bond acceptors (Lipinski definition) is 4. The molecular formula is C24H28N2O2. The normalized spacial score (nSPS) is 16.7. The number of para-hydroxylation sites is 1. The van der Waals surface area contributed by atoms with Crippen molar-refractivity contribution in [3.05, 3.63) is 64.8 Å². The molecule has 4 nitrogen and oxygen atoms in total. The fourth-order valence-electron chi connectivity index (χ4n) is 4.24. The van der Waals surface area contributed by atoms with Crippen LogP contribution in [0.1, 0.15) is 35.2 Å². The van der Waals surface area contributed by atoms with Crippen molar-refractivity contribution in [3.8, 4) is 5.75 Å². The monoisotopic (exact) mass is 376 g/mol. The second-order valence-corrected chi connectivity index (χ2v) is 7.75. The van der Waals surface area contributed by atoms with Gasteiger partial charge < -0.3 is 14.7 Å². The van der Waals surface area contributed by atoms with Crippen molar-refractivity contribution in [1.29, 1.82) is 0 Å². The lowest BCUT2D eigenvalue weighted by Crippen LogP contribution is -2.32. The van der Waals surface area contributed by atoms with Crippen LogP contribution in [0.4, 0.5) is 5.69 Å². The molecule has 0 spiro atoms. The summed E-state index contributed by atoms with van der Waals surface area (Å²) in [5, 5.41) is 10.8. The van der Waals surface area contributed by atoms with Crippen molar-refractivity contribution < 1.29 is 9.84 Å². The van der Waals surface area contributed by atoms with Crippen LogP contribution in [0.25, 0.3) is 10.9 Å². The molecule has 146 valence electrons. The molecule has 0 aliphatic carbocycles. The number of aliphatic hydroxyl groups is 1. The lowest BCUT2D eigenvalue weighted by molar-refractivity contribution is 0.266. The van der Waals surface area contributed by atoms with Crippen LogP contribution in [-0.4, -0.2) is 29.3 Å². The topological polar surface area (TPSA) is 45.6 Å². The van der Waals surface area contributed by atoms with Crippen molar-refractivity contribution in [2.45, 2.75) is 46.3 Å². The number of fused-ring (bicyclic) bond motifs is 1. The second kappa shape index (κ2) is 7.80. The number of anilines is 1. The zero-order chi connectivity index (χ0) is 19.7. The Hall–Kier alpha value is -2.59. The predicted molar refractivity (Wildman–Crippen MR) is 114 cm³/mol. The summed E-state index contributed by atoms with van der Waals surface area (Å²) in [5.74, 6) is 0.819. The summed E-state index contributed by atoms with van der Waals surface area (Å²) in [6, 6.07) is 14.8. The van der Waals surface area contributed by atoms with E-state index in [2.05, 4.69) is 48.0 Å². The molecule has 0 radical (unpaired) electrons. The highest BCUT2D eigenvalue weighted by molar-refractivity contribution is 5.84. The fourth-order valence-corrected chi connectivity index (χ4v) is 4.24. The standard InChI is InChI=1S/C24H28N2O2/c1-16-9-12-22(26-13-5-7-20(26)14-27)18(3)21(16)15-28-23-8-4-6-19-11-10-17(2)25-24(19)23/h4,6,8-12,20,27H,5,7,13-15H2,1-3H3/t20-/m0/s1. The van der Waals surface area contributed by atoms with E-state index < -0.39 is 0 Å². The molecule has 0 bridgehead atoms. The molecule has 4 rings (SSSR count). The van der Waals surface area contributed by atoms with Crippen molar-refractivity contribution >= 4 is 16.6 Å². The molecule has 0 saturated carbocycles. The average Bonchev–Trinajstić information content (AvgIpc) is 3.16. The minimum absolute atomic E-state index is 0.209. The van der Waals surface area contributed by atoms with Crippen LogP contribution in [-0.2, 0) is 6.61 Å². The van der Waals surface area contributed by atoms with Gasteiger partial charge in [-0.25, -0.2) is 4.98 Å². The van der Waals surface area contributed by atoms with Gasteiger partial charge in [-0.3, -0.25) is 0 Å². The van der Waals surface area contributed by atoms with E-state index in [-0.39, 0.29) is 12.6 Å². The number of aryl methyl sites for hydroxylation is 2. The fraction of sp³-hybridized carbons (Fsp3) is 0.375. The van der Waals surface area contributed by atoms with Gasteiger partial charge in [0, 0.05) is 23.3 Å². The van der Waals surface area contributed by atoms with Gasteiger partial charge in [0.1, 0.15) is 17.9 Å². The number of aromatic nitrogens is 1. The van der Waals surface area contributed by atoms with Gasteiger partial charge in [-0.1, -0.05) is 24.3 Å². The first-order valence-corrected chi connectivity index (χ1v) is 10.0. The summed E-state index contributed by atoms with van der Waals surface area (Å²) < 4.78 is 6.26. The van der Waals surface area contributed by atoms with Gasteiger partial charge in [0.05, 0.1) is 12.6 Å². The van der Waals surface area contributed by atoms with Crippen LogP contribution in [0, 0.1) is 20.8 Å². The minimum atomic E-state index is 0.209. The van der Waals surface area contributed by atoms with Crippen molar-refractivity contribution in [2.24, 2.45) is 0 Å². The van der Waals surface area contributed by atoms with Gasteiger partial charge in [-0.15, -0.1) is 0 Å². The molecule has 1 aromatic heterocycles. The smallest absolute Gasteiger partial charge is 0.146 e. The third-order valence-electron chi connectivity index (χ3n) is 5.90. The molecular weight excluding hydrogens is 348 g/mol. The largest absolute Gasteiger partial charge is 0.487 e. The molecule has 0 amide bonds. The zero-order valence-corrected chi connectivity index (χ0v) is 16.9. The molecule has 2 heterocycles. The van der Waals surface area contributed by atoms with E-state index in [0.29, 0.717) is 6.61 Å². The van der Waals surface area contributed by atoms with Crippen LogP contribution < -0.4 is 9.64 Å². The van der Waals surface area contributed by atoms with Crippen molar-refractivity contribution in [3.63, 3.8) is 0 Å². The molecule has 2 aromatic carbocycles. The van der Waals surface area contributed by atoms with Crippen LogP contribution >= 0.6 is 0 Å². The average molecular weight is 377 g/mol. The van der Waals surface area contributed by atoms with E-state index in [9.17, 15) is 5.11 Å². The third-order valence-corrected chi connectivity index (χ3v) is 5.90. The molecule has 28 heavy (non-hydrogen) atoms. The van der Waals surface area contributed by atoms with Gasteiger partial charge in [-0.05, 0) is 68.5 Å². The lowest BCUT2D eigenvalue weighted by Gasteiger charge is -2.28. The van der Waals surface area contributed by atoms with E-state index in [1.165, 1.54) is 22.4 Å². The van der Waals surface area contributed by atoms with Crippen molar-refractivity contribution in [2.75, 3.05) is 18.1 Å². The number of hydrogen-bond donors (Lipinski definition) is 1. The highest BCUT2D eigenvalue weighted by atomic mass is 16.5. The Morgan fingerprint density at radius 2 is 1.96 bits per heavy atom. The molecule has 1 aliphatic rings. The van der Waals surface area contributed by atoms with Crippen LogP contribution in [0.15, 0.2) is 42.5 Å². The lowest BCUT2D eigenvalue weighted by atomic mass is 10.0. The Kier molecular flexibility index (Phi) is 5.23. The second-order valence-electron chi connectivity index (χ2n) is 7.75. The molecule has 1 saturated heterocycles. The summed E-state index contributed by atoms with van der Waals surface area (Å²) in [4.78, 5) is 7.02. The van der Waals surface area contributed by atoms with E-state index >= 15 is 0 Å². The van der Waals surface area contributed by atoms with Crippen LogP contribution in [0.2, 0.25) is 0 Å². The van der Waals surface area contributed by atoms with Crippen LogP contribution in [0.5, 0.6) is 5.75 Å². The van der Waals surface area contributed by atoms with Gasteiger partial charge in [-0.2, -0.15) is 0 Å². The molecule has 1 atom stereocenters. The first kappa shape index (κ1) is 18.8. The maximum absolute atomic E-state index is 9.71. The highest BCUT2D eigenvalue weighted by Gasteiger charge is 2.26. The molecule has 1 N–H and O–H groups in total. The van der Waals surface area contributed by atoms with E-state index in [1.807, 2.05) is 25.1 Å². The van der Waals surface area contributed by atoms with E-state index in [0.717, 1.165) is 41.7 Å². The van der Waals surface area contributed by atoms with Gasteiger partial charge >= 0.3 is 0 Å². The highest BCUT2D eigenvalue weighted by Crippen LogP contribution is 2.33. The summed E-state index contributed by atoms with van der Waals surface area (Å²) >= 11 is 0. The maximum Gasteiger partial charge on any atom is 0.146 e. The maximum atomic E-state index is 9.71. The summed E-state index contributed by atoms with van der Waals surface area (Å²) in [6.45, 7) is 8.02. The molecule has 1 aliphatic heterocycles. The van der Waals surface area contributed by atoms with E-state index in [4.69, 9.17) is 4.74 Å². The Morgan fingerprint density at radius 3 is 2.79 bits per heavy atom. The number of benzene rings is 2. The Morgan fingerprint density at radius 1 is 1.11 bits per heavy atom. The predicted octanol–water partition coefficient (Wildman–Crippen LogP) is 4.70. The first-order chi connectivity index (χ1) is 13.6. The molecule has 0 unspecified atom stereocenters. The first-order valence-electron chi connectivity index (χ1n) is 10.0. The Labute approximate surface area is 166 Å². The Balaban J connectivity index is 1.64. The number of rotatable bonds is 5. The zero-order valence-electron chi connectivity index (χ0n) is 16.9. The number of pyridine rings is 1. The van der Waals surface area contributed by atoms with Crippen molar-refractivity contribution in [1.82, 2.24) is 4.98 Å². The van der Waals surface area contributed by atoms with Gasteiger partial charge in [0.25, 0.3) is 0 Å². The number of aliphatic hydroxyl groups excluding tert-OH is 1. The quantitative estimate of drug-likeness (QED) is 0.701. The summed E-state index contributed by atoms with van der Waals surface area (Å²) in [7, 11) is 0. The minimum Gasteiger partial charge on any atom is -0.487 e. The number of ether oxygens (including phenoxy) is 1. The van der Waals surface area contributed by atoms with E-state index in [1.54, 1.807) is 0 Å². The summed E-state index contributed by atoms with van der Waals surface area (Å²) in [6.07, 6.45) is 2.18. The summed E-state index contributed by atoms with van der Waals surface area (Å²) in [5.41, 5.74) is 6.80. The van der Waals surface area contributed by atoms with Gasteiger partial charge in [0.2, 0.25) is 0 Å². The van der Waals surface area contributed by atoms with Crippen LogP contribution in [0.3, 0.4) is 0 Å². The molecule has 1 fully saturated rings.